The Bertz CT molecular complexity index is 187. The van der Waals surface area contributed by atoms with Gasteiger partial charge < -0.3 is 0 Å². The number of nitrogens with zero attached hydrogens (tertiary/aromatic N) is 2. The van der Waals surface area contributed by atoms with Crippen LogP contribution in [0.15, 0.2) is 22.3 Å². The predicted molar refractivity (Wildman–Crippen MR) is 44.8 cm³/mol. The molecular weight excluding hydrogens is 124 g/mol. The van der Waals surface area contributed by atoms with Crippen molar-refractivity contribution in [3.05, 3.63) is 12.3 Å². The second kappa shape index (κ2) is 3.30. The van der Waals surface area contributed by atoms with E-state index in [4.69, 9.17) is 0 Å². The van der Waals surface area contributed by atoms with Crippen LogP contribution in [-0.2, 0) is 0 Å². The zero-order valence-corrected chi connectivity index (χ0v) is 6.41. The van der Waals surface area contributed by atoms with E-state index in [9.17, 15) is 0 Å². The fraction of sp³-hybridized carbons (Fsp3) is 0.500. The highest BCUT2D eigenvalue weighted by atomic mass is 14.8. The summed E-state index contributed by atoms with van der Waals surface area (Å²) < 4.78 is 0. The molecular formula is C8H12N2. The minimum absolute atomic E-state index is 0.514. The minimum atomic E-state index is 0.514. The van der Waals surface area contributed by atoms with Gasteiger partial charge in [-0.05, 0) is 12.0 Å². The average Bonchev–Trinajstić information content (AvgIpc) is 2.12. The van der Waals surface area contributed by atoms with Crippen LogP contribution in [0, 0.1) is 5.92 Å². The molecule has 0 amide bonds. The van der Waals surface area contributed by atoms with Crippen molar-refractivity contribution in [2.24, 2.45) is 15.9 Å². The molecule has 1 aliphatic heterocycles. The zero-order chi connectivity index (χ0) is 7.40. The molecule has 0 saturated carbocycles. The van der Waals surface area contributed by atoms with Crippen LogP contribution in [0.1, 0.15) is 13.8 Å². The van der Waals surface area contributed by atoms with E-state index >= 15 is 0 Å². The van der Waals surface area contributed by atoms with Crippen molar-refractivity contribution in [1.29, 1.82) is 0 Å². The summed E-state index contributed by atoms with van der Waals surface area (Å²) in [5, 5.41) is 0. The third-order valence-corrected chi connectivity index (χ3v) is 1.44. The Morgan fingerprint density at radius 3 is 3.00 bits per heavy atom. The molecule has 0 spiro atoms. The van der Waals surface area contributed by atoms with Gasteiger partial charge in [-0.15, -0.1) is 0 Å². The Morgan fingerprint density at radius 2 is 2.30 bits per heavy atom. The maximum atomic E-state index is 4.23. The van der Waals surface area contributed by atoms with E-state index in [0.717, 1.165) is 12.3 Å². The molecule has 0 aromatic heterocycles. The van der Waals surface area contributed by atoms with Crippen molar-refractivity contribution in [1.82, 2.24) is 0 Å². The third kappa shape index (κ3) is 1.79. The molecule has 0 N–H and O–H groups in total. The van der Waals surface area contributed by atoms with E-state index in [1.54, 1.807) is 12.4 Å². The van der Waals surface area contributed by atoms with Crippen LogP contribution in [0.2, 0.25) is 0 Å². The monoisotopic (exact) mass is 136 g/mol. The summed E-state index contributed by atoms with van der Waals surface area (Å²) in [6.07, 6.45) is 5.44. The first-order chi connectivity index (χ1) is 4.80. The number of aliphatic imine (C=N–C) groups is 2. The second-order valence-corrected chi connectivity index (χ2v) is 2.61. The lowest BCUT2D eigenvalue weighted by Crippen LogP contribution is -2.10. The van der Waals surface area contributed by atoms with Gasteiger partial charge in [0.1, 0.15) is 0 Å². The van der Waals surface area contributed by atoms with Crippen LogP contribution in [0.3, 0.4) is 0 Å². The van der Waals surface area contributed by atoms with Gasteiger partial charge in [0.15, 0.2) is 0 Å². The van der Waals surface area contributed by atoms with Crippen LogP contribution in [0.25, 0.3) is 0 Å². The third-order valence-electron chi connectivity index (χ3n) is 1.44. The molecule has 0 aliphatic carbocycles. The Balaban J connectivity index is 2.68. The molecule has 0 aromatic carbocycles. The first kappa shape index (κ1) is 7.19. The molecule has 0 saturated heterocycles. The molecule has 1 rings (SSSR count). The maximum Gasteiger partial charge on any atom is 0.0775 e. The first-order valence-corrected chi connectivity index (χ1v) is 3.52. The van der Waals surface area contributed by atoms with E-state index in [1.165, 1.54) is 0 Å². The summed E-state index contributed by atoms with van der Waals surface area (Å²) in [6, 6.07) is 0. The molecule has 2 nitrogen and oxygen atoms in total. The predicted octanol–water partition coefficient (Wildman–Crippen LogP) is 1.68. The average molecular weight is 136 g/mol. The van der Waals surface area contributed by atoms with Gasteiger partial charge in [0.2, 0.25) is 0 Å². The van der Waals surface area contributed by atoms with Crippen LogP contribution < -0.4 is 0 Å². The van der Waals surface area contributed by atoms with Crippen LogP contribution >= 0.6 is 0 Å². The Morgan fingerprint density at radius 1 is 1.50 bits per heavy atom. The molecule has 0 fully saturated rings. The fourth-order valence-electron chi connectivity index (χ4n) is 0.757. The summed E-state index contributed by atoms with van der Waals surface area (Å²) in [6.45, 7) is 5.02. The molecule has 10 heavy (non-hydrogen) atoms. The van der Waals surface area contributed by atoms with Gasteiger partial charge in [0.25, 0.3) is 0 Å². The first-order valence-electron chi connectivity index (χ1n) is 3.52. The van der Waals surface area contributed by atoms with Crippen molar-refractivity contribution in [3.63, 3.8) is 0 Å². The summed E-state index contributed by atoms with van der Waals surface area (Å²) in [4.78, 5) is 8.36. The van der Waals surface area contributed by atoms with Crippen molar-refractivity contribution in [2.45, 2.75) is 13.8 Å². The lowest BCUT2D eigenvalue weighted by molar-refractivity contribution is 0.866. The van der Waals surface area contributed by atoms with Gasteiger partial charge in [0, 0.05) is 18.1 Å². The summed E-state index contributed by atoms with van der Waals surface area (Å²) in [5.41, 5.74) is 1.16. The number of allylic oxidation sites excluding steroid dienone is 1. The van der Waals surface area contributed by atoms with Gasteiger partial charge >= 0.3 is 0 Å². The minimum Gasteiger partial charge on any atom is -0.287 e. The molecule has 2 heteroatoms. The highest BCUT2D eigenvalue weighted by Crippen LogP contribution is 2.00. The smallest absolute Gasteiger partial charge is 0.0775 e. The fourth-order valence-corrected chi connectivity index (χ4v) is 0.757. The summed E-state index contributed by atoms with van der Waals surface area (Å²) in [5.74, 6) is 0.514. The molecule has 1 aliphatic rings. The Kier molecular flexibility index (Phi) is 2.37. The summed E-state index contributed by atoms with van der Waals surface area (Å²) in [7, 11) is 0. The van der Waals surface area contributed by atoms with E-state index in [0.29, 0.717) is 5.92 Å². The molecule has 54 valence electrons. The number of hydrogen-bond acceptors (Lipinski definition) is 2. The highest BCUT2D eigenvalue weighted by Gasteiger charge is 2.02. The van der Waals surface area contributed by atoms with E-state index < -0.39 is 0 Å². The van der Waals surface area contributed by atoms with Crippen LogP contribution in [0.4, 0.5) is 0 Å². The van der Waals surface area contributed by atoms with Crippen molar-refractivity contribution in [3.8, 4) is 0 Å². The van der Waals surface area contributed by atoms with Gasteiger partial charge in [-0.2, -0.15) is 0 Å². The topological polar surface area (TPSA) is 24.7 Å². The SMILES string of the molecule is CC(C)C1=NC=CC=NC1. The summed E-state index contributed by atoms with van der Waals surface area (Å²) >= 11 is 0. The number of hydrogen-bond donors (Lipinski definition) is 0. The van der Waals surface area contributed by atoms with Gasteiger partial charge in [0.05, 0.1) is 6.54 Å². The number of rotatable bonds is 1. The zero-order valence-electron chi connectivity index (χ0n) is 6.41. The standard InChI is InChI=1S/C8H12N2/c1-7(2)8-6-9-4-3-5-10-8/h3-5,7H,6H2,1-2H3. The van der Waals surface area contributed by atoms with Gasteiger partial charge in [-0.25, -0.2) is 0 Å². The van der Waals surface area contributed by atoms with Crippen molar-refractivity contribution < 1.29 is 0 Å². The molecule has 0 radical (unpaired) electrons. The Hall–Kier alpha value is -0.920. The molecule has 0 atom stereocenters. The highest BCUT2D eigenvalue weighted by molar-refractivity contribution is 5.91. The molecule has 0 aromatic rings. The van der Waals surface area contributed by atoms with Gasteiger partial charge in [-0.1, -0.05) is 13.8 Å². The maximum absolute atomic E-state index is 4.23. The van der Waals surface area contributed by atoms with Crippen LogP contribution in [-0.4, -0.2) is 18.5 Å². The normalized spacial score (nSPS) is 17.3. The van der Waals surface area contributed by atoms with Crippen molar-refractivity contribution >= 4 is 11.9 Å². The van der Waals surface area contributed by atoms with E-state index in [2.05, 4.69) is 23.8 Å². The lowest BCUT2D eigenvalue weighted by atomic mass is 10.1. The second-order valence-electron chi connectivity index (χ2n) is 2.61. The van der Waals surface area contributed by atoms with Crippen LogP contribution in [0.5, 0.6) is 0 Å². The molecule has 0 unspecified atom stereocenters. The Labute approximate surface area is 61.4 Å². The molecule has 1 heterocycles. The quantitative estimate of drug-likeness (QED) is 0.524. The lowest BCUT2D eigenvalue weighted by Gasteiger charge is -2.03. The van der Waals surface area contributed by atoms with Gasteiger partial charge in [-0.3, -0.25) is 9.98 Å². The van der Waals surface area contributed by atoms with E-state index in [1.807, 2.05) is 6.08 Å². The van der Waals surface area contributed by atoms with Crippen molar-refractivity contribution in [2.75, 3.05) is 6.54 Å². The largest absolute Gasteiger partial charge is 0.287 e. The van der Waals surface area contributed by atoms with E-state index in [-0.39, 0.29) is 0 Å². The molecule has 0 bridgehead atoms.